The van der Waals surface area contributed by atoms with Crippen molar-refractivity contribution in [2.24, 2.45) is 0 Å². The number of rotatable bonds is 3. The minimum Gasteiger partial charge on any atom is -0.496 e. The molecule has 0 aliphatic carbocycles. The van der Waals surface area contributed by atoms with Crippen LogP contribution in [0.15, 0.2) is 21.3 Å². The zero-order chi connectivity index (χ0) is 15.7. The summed E-state index contributed by atoms with van der Waals surface area (Å²) in [5.41, 5.74) is 6.66. The largest absolute Gasteiger partial charge is 0.496 e. The lowest BCUT2D eigenvalue weighted by atomic mass is 10.1. The lowest BCUT2D eigenvalue weighted by Gasteiger charge is -2.21. The number of halogens is 1. The van der Waals surface area contributed by atoms with Gasteiger partial charge in [0.05, 0.1) is 29.4 Å². The molecule has 3 rings (SSSR count). The van der Waals surface area contributed by atoms with Gasteiger partial charge in [-0.1, -0.05) is 11.6 Å². The van der Waals surface area contributed by atoms with Crippen LogP contribution in [0.25, 0.3) is 11.5 Å². The van der Waals surface area contributed by atoms with Crippen molar-refractivity contribution in [2.75, 3.05) is 25.9 Å². The van der Waals surface area contributed by atoms with Gasteiger partial charge in [-0.05, 0) is 32.0 Å². The molecule has 7 nitrogen and oxygen atoms in total. The van der Waals surface area contributed by atoms with Gasteiger partial charge < -0.3 is 20.2 Å². The summed E-state index contributed by atoms with van der Waals surface area (Å²) in [5, 5.41) is 7.92. The zero-order valence-electron chi connectivity index (χ0n) is 12.1. The normalized spacial score (nSPS) is 15.9. The predicted molar refractivity (Wildman–Crippen MR) is 83.3 cm³/mol. The summed E-state index contributed by atoms with van der Waals surface area (Å²) in [4.78, 5) is 12.1. The topological polar surface area (TPSA) is 95.3 Å². The molecule has 8 heteroatoms. The highest BCUT2D eigenvalue weighted by Gasteiger charge is 2.22. The van der Waals surface area contributed by atoms with Crippen LogP contribution in [-0.4, -0.2) is 30.0 Å². The molecular formula is C14H17ClN4O3. The fraction of sp³-hybridized carbons (Fsp3) is 0.429. The average Bonchev–Trinajstić information content (AvgIpc) is 2.92. The molecule has 0 amide bonds. The van der Waals surface area contributed by atoms with Gasteiger partial charge >= 0.3 is 5.76 Å². The number of nitrogens with two attached hydrogens (primary N) is 1. The van der Waals surface area contributed by atoms with Gasteiger partial charge in [-0.15, -0.1) is 5.10 Å². The zero-order valence-corrected chi connectivity index (χ0v) is 12.9. The minimum atomic E-state index is -0.475. The van der Waals surface area contributed by atoms with Crippen molar-refractivity contribution in [2.45, 2.75) is 18.9 Å². The molecule has 1 aliphatic rings. The van der Waals surface area contributed by atoms with Crippen molar-refractivity contribution in [1.82, 2.24) is 15.1 Å². The van der Waals surface area contributed by atoms with E-state index in [0.29, 0.717) is 22.0 Å². The van der Waals surface area contributed by atoms with Crippen LogP contribution in [0.2, 0.25) is 5.02 Å². The van der Waals surface area contributed by atoms with Gasteiger partial charge in [-0.3, -0.25) is 0 Å². The first-order valence-electron chi connectivity index (χ1n) is 7.04. The first-order valence-corrected chi connectivity index (χ1v) is 7.41. The number of anilines is 1. The summed E-state index contributed by atoms with van der Waals surface area (Å²) in [6, 6.07) is 3.22. The Kier molecular flexibility index (Phi) is 4.08. The molecule has 0 bridgehead atoms. The molecule has 1 aliphatic heterocycles. The molecular weight excluding hydrogens is 308 g/mol. The van der Waals surface area contributed by atoms with E-state index in [9.17, 15) is 4.79 Å². The summed E-state index contributed by atoms with van der Waals surface area (Å²) in [6.45, 7) is 1.71. The quantitative estimate of drug-likeness (QED) is 0.834. The van der Waals surface area contributed by atoms with Gasteiger partial charge in [0, 0.05) is 6.07 Å². The Morgan fingerprint density at radius 3 is 2.86 bits per heavy atom. The van der Waals surface area contributed by atoms with E-state index in [1.165, 1.54) is 11.8 Å². The van der Waals surface area contributed by atoms with Crippen LogP contribution in [0.4, 0.5) is 5.69 Å². The molecule has 0 unspecified atom stereocenters. The molecule has 2 aromatic rings. The van der Waals surface area contributed by atoms with Crippen LogP contribution in [0.5, 0.6) is 5.75 Å². The average molecular weight is 325 g/mol. The fourth-order valence-corrected chi connectivity index (χ4v) is 2.75. The number of hydrogen-bond acceptors (Lipinski definition) is 6. The second-order valence-corrected chi connectivity index (χ2v) is 5.58. The molecule has 1 aromatic heterocycles. The minimum absolute atomic E-state index is 0.0431. The number of benzene rings is 1. The van der Waals surface area contributed by atoms with Crippen LogP contribution in [0.1, 0.15) is 18.9 Å². The Balaban J connectivity index is 2.03. The summed E-state index contributed by atoms with van der Waals surface area (Å²) in [5.74, 6) is 0.166. The molecule has 1 aromatic carbocycles. The van der Waals surface area contributed by atoms with E-state index in [2.05, 4.69) is 10.4 Å². The predicted octanol–water partition coefficient (Wildman–Crippen LogP) is 1.67. The Morgan fingerprint density at radius 2 is 2.18 bits per heavy atom. The molecule has 0 spiro atoms. The number of hydrogen-bond donors (Lipinski definition) is 2. The van der Waals surface area contributed by atoms with Crippen molar-refractivity contribution in [3.63, 3.8) is 0 Å². The number of aromatic nitrogens is 2. The Morgan fingerprint density at radius 1 is 1.45 bits per heavy atom. The maximum atomic E-state index is 12.1. The molecule has 1 saturated heterocycles. The second kappa shape index (κ2) is 6.02. The third kappa shape index (κ3) is 2.69. The van der Waals surface area contributed by atoms with Crippen molar-refractivity contribution in [3.05, 3.63) is 27.7 Å². The number of ether oxygens (including phenoxy) is 1. The smallest absolute Gasteiger partial charge is 0.437 e. The van der Waals surface area contributed by atoms with Crippen LogP contribution >= 0.6 is 11.6 Å². The molecule has 2 heterocycles. The SMILES string of the molecule is COc1cc(N)c(Cl)cc1-c1nn(C2CCNCC2)c(=O)o1. The first kappa shape index (κ1) is 14.9. The molecule has 3 N–H and O–H groups in total. The Hall–Kier alpha value is -1.99. The van der Waals surface area contributed by atoms with Crippen LogP contribution in [0.3, 0.4) is 0 Å². The maximum absolute atomic E-state index is 12.1. The Bertz CT molecular complexity index is 734. The molecule has 0 atom stereocenters. The van der Waals surface area contributed by atoms with Crippen LogP contribution in [-0.2, 0) is 0 Å². The molecule has 0 saturated carbocycles. The van der Waals surface area contributed by atoms with E-state index < -0.39 is 5.76 Å². The van der Waals surface area contributed by atoms with Crippen LogP contribution in [0, 0.1) is 0 Å². The van der Waals surface area contributed by atoms with E-state index in [-0.39, 0.29) is 11.9 Å². The van der Waals surface area contributed by atoms with E-state index >= 15 is 0 Å². The first-order chi connectivity index (χ1) is 10.6. The number of nitrogens with one attached hydrogen (secondary N) is 1. The second-order valence-electron chi connectivity index (χ2n) is 5.17. The number of methoxy groups -OCH3 is 1. The highest BCUT2D eigenvalue weighted by atomic mass is 35.5. The van der Waals surface area contributed by atoms with Gasteiger partial charge in [0.25, 0.3) is 5.89 Å². The Labute approximate surface area is 132 Å². The van der Waals surface area contributed by atoms with E-state index in [4.69, 9.17) is 26.5 Å². The van der Waals surface area contributed by atoms with Gasteiger partial charge in [0.15, 0.2) is 0 Å². The van der Waals surface area contributed by atoms with Gasteiger partial charge in [-0.2, -0.15) is 4.68 Å². The molecule has 118 valence electrons. The monoisotopic (exact) mass is 324 g/mol. The van der Waals surface area contributed by atoms with Gasteiger partial charge in [-0.25, -0.2) is 4.79 Å². The third-order valence-corrected chi connectivity index (χ3v) is 4.10. The highest BCUT2D eigenvalue weighted by molar-refractivity contribution is 6.33. The lowest BCUT2D eigenvalue weighted by molar-refractivity contribution is 0.323. The van der Waals surface area contributed by atoms with Crippen molar-refractivity contribution in [3.8, 4) is 17.2 Å². The third-order valence-electron chi connectivity index (χ3n) is 3.77. The number of nitrogen functional groups attached to an aromatic ring is 1. The molecule has 1 fully saturated rings. The number of nitrogens with zero attached hydrogens (tertiary/aromatic N) is 2. The van der Waals surface area contributed by atoms with E-state index in [0.717, 1.165) is 25.9 Å². The van der Waals surface area contributed by atoms with Crippen LogP contribution < -0.4 is 21.5 Å². The summed E-state index contributed by atoms with van der Waals surface area (Å²) < 4.78 is 12.0. The standard InChI is InChI=1S/C14H17ClN4O3/c1-21-12-7-11(16)10(15)6-9(12)13-18-19(14(20)22-13)8-2-4-17-5-3-8/h6-8,17H,2-5,16H2,1H3. The summed E-state index contributed by atoms with van der Waals surface area (Å²) in [6.07, 6.45) is 1.68. The van der Waals surface area contributed by atoms with E-state index in [1.54, 1.807) is 12.1 Å². The fourth-order valence-electron chi connectivity index (χ4n) is 2.58. The van der Waals surface area contributed by atoms with Crippen molar-refractivity contribution < 1.29 is 9.15 Å². The molecule has 0 radical (unpaired) electrons. The summed E-state index contributed by atoms with van der Waals surface area (Å²) >= 11 is 6.04. The van der Waals surface area contributed by atoms with Crippen molar-refractivity contribution >= 4 is 17.3 Å². The van der Waals surface area contributed by atoms with E-state index in [1.807, 2.05) is 0 Å². The molecule has 22 heavy (non-hydrogen) atoms. The summed E-state index contributed by atoms with van der Waals surface area (Å²) in [7, 11) is 1.51. The highest BCUT2D eigenvalue weighted by Crippen LogP contribution is 2.35. The number of piperidine rings is 1. The van der Waals surface area contributed by atoms with Gasteiger partial charge in [0.2, 0.25) is 0 Å². The van der Waals surface area contributed by atoms with Crippen molar-refractivity contribution in [1.29, 1.82) is 0 Å². The lowest BCUT2D eigenvalue weighted by Crippen LogP contribution is -2.33. The van der Waals surface area contributed by atoms with Gasteiger partial charge in [0.1, 0.15) is 5.75 Å². The maximum Gasteiger partial charge on any atom is 0.437 e.